The molecule has 1 aliphatic heterocycles. The quantitative estimate of drug-likeness (QED) is 0.337. The molecule has 4 rings (SSSR count). The first-order chi connectivity index (χ1) is 17.7. The molecule has 1 N–H and O–H groups in total. The molecule has 2 amide bonds. The smallest absolute Gasteiger partial charge is 0.291 e. The van der Waals surface area contributed by atoms with Gasteiger partial charge in [0.05, 0.1) is 35.0 Å². The molecule has 3 aromatic rings. The first-order valence-electron chi connectivity index (χ1n) is 11.7. The summed E-state index contributed by atoms with van der Waals surface area (Å²) in [6.45, 7) is 6.14. The van der Waals surface area contributed by atoms with Crippen LogP contribution in [-0.4, -0.2) is 54.9 Å². The minimum Gasteiger partial charge on any atom is -0.497 e. The van der Waals surface area contributed by atoms with E-state index in [1.807, 2.05) is 24.8 Å². The van der Waals surface area contributed by atoms with Crippen molar-refractivity contribution in [2.24, 2.45) is 5.92 Å². The number of hydrogen-bond donors (Lipinski definition) is 1. The van der Waals surface area contributed by atoms with Gasteiger partial charge in [-0.1, -0.05) is 25.4 Å². The Morgan fingerprint density at radius 2 is 1.81 bits per heavy atom. The van der Waals surface area contributed by atoms with Gasteiger partial charge in [0, 0.05) is 37.1 Å². The van der Waals surface area contributed by atoms with E-state index in [1.165, 1.54) is 31.4 Å². The number of hydrogen-bond acceptors (Lipinski definition) is 7. The molecule has 37 heavy (non-hydrogen) atoms. The Bertz CT molecular complexity index is 1330. The van der Waals surface area contributed by atoms with Crippen LogP contribution in [0.15, 0.2) is 52.9 Å². The van der Waals surface area contributed by atoms with E-state index in [2.05, 4.69) is 10.2 Å². The number of nitrogens with one attached hydrogen (secondary N) is 1. The zero-order chi connectivity index (χ0) is 26.7. The van der Waals surface area contributed by atoms with Crippen LogP contribution >= 0.6 is 11.6 Å². The average Bonchev–Trinajstić information content (AvgIpc) is 3.38. The summed E-state index contributed by atoms with van der Waals surface area (Å²) in [5.41, 5.74) is 1.29. The van der Waals surface area contributed by atoms with E-state index >= 15 is 0 Å². The SMILES string of the molecule is COc1ccc(-c2ccc(C(=O)Nc3cc(Cl)ccc3N3CCN(C(=O)C(C)C)CC3)o2)c([N+](=O)[O-])c1. The maximum absolute atomic E-state index is 13.1. The van der Waals surface area contributed by atoms with Gasteiger partial charge in [-0.05, 0) is 42.5 Å². The summed E-state index contributed by atoms with van der Waals surface area (Å²) in [6.07, 6.45) is 0. The molecule has 1 aromatic heterocycles. The van der Waals surface area contributed by atoms with E-state index in [9.17, 15) is 19.7 Å². The third-order valence-electron chi connectivity index (χ3n) is 6.13. The number of carbonyl (C=O) groups is 2. The minimum absolute atomic E-state index is 0.0154. The summed E-state index contributed by atoms with van der Waals surface area (Å²) < 4.78 is 10.8. The molecule has 0 bridgehead atoms. The van der Waals surface area contributed by atoms with E-state index in [4.69, 9.17) is 20.8 Å². The van der Waals surface area contributed by atoms with Crippen LogP contribution in [0.4, 0.5) is 17.1 Å². The number of furan rings is 1. The van der Waals surface area contributed by atoms with E-state index in [-0.39, 0.29) is 34.6 Å². The number of piperazine rings is 1. The molecule has 1 fully saturated rings. The molecule has 1 aliphatic rings. The molecule has 0 spiro atoms. The number of amides is 2. The molecule has 2 aromatic carbocycles. The Balaban J connectivity index is 1.53. The fourth-order valence-corrected chi connectivity index (χ4v) is 4.38. The molecule has 11 heteroatoms. The first kappa shape index (κ1) is 26.0. The van der Waals surface area contributed by atoms with Gasteiger partial charge in [-0.15, -0.1) is 0 Å². The van der Waals surface area contributed by atoms with Gasteiger partial charge in [0.25, 0.3) is 11.6 Å². The van der Waals surface area contributed by atoms with Crippen molar-refractivity contribution in [1.82, 2.24) is 4.90 Å². The van der Waals surface area contributed by atoms with Gasteiger partial charge >= 0.3 is 0 Å². The number of methoxy groups -OCH3 is 1. The predicted molar refractivity (Wildman–Crippen MR) is 140 cm³/mol. The topological polar surface area (TPSA) is 118 Å². The predicted octanol–water partition coefficient (Wildman–Crippen LogP) is 5.07. The second-order valence-electron chi connectivity index (χ2n) is 8.89. The molecule has 10 nitrogen and oxygen atoms in total. The molecular formula is C26H27ClN4O6. The summed E-state index contributed by atoms with van der Waals surface area (Å²) in [5.74, 6) is 0.0297. The number of benzene rings is 2. The summed E-state index contributed by atoms with van der Waals surface area (Å²) >= 11 is 6.22. The van der Waals surface area contributed by atoms with Gasteiger partial charge in [0.1, 0.15) is 11.5 Å². The van der Waals surface area contributed by atoms with E-state index in [1.54, 1.807) is 18.2 Å². The minimum atomic E-state index is -0.535. The molecule has 2 heterocycles. The van der Waals surface area contributed by atoms with Crippen molar-refractivity contribution in [3.05, 3.63) is 69.4 Å². The lowest BCUT2D eigenvalue weighted by Crippen LogP contribution is -2.50. The lowest BCUT2D eigenvalue weighted by molar-refractivity contribution is -0.384. The number of halogens is 1. The molecule has 0 radical (unpaired) electrons. The van der Waals surface area contributed by atoms with E-state index in [0.717, 1.165) is 5.69 Å². The van der Waals surface area contributed by atoms with Crippen molar-refractivity contribution in [2.45, 2.75) is 13.8 Å². The van der Waals surface area contributed by atoms with Crippen molar-refractivity contribution < 1.29 is 23.7 Å². The number of ether oxygens (including phenoxy) is 1. The fourth-order valence-electron chi connectivity index (χ4n) is 4.20. The average molecular weight is 527 g/mol. The third kappa shape index (κ3) is 5.69. The van der Waals surface area contributed by atoms with Crippen LogP contribution in [0.1, 0.15) is 24.4 Å². The number of anilines is 2. The van der Waals surface area contributed by atoms with Crippen molar-refractivity contribution in [1.29, 1.82) is 0 Å². The zero-order valence-electron chi connectivity index (χ0n) is 20.7. The summed E-state index contributed by atoms with van der Waals surface area (Å²) in [4.78, 5) is 40.3. The highest BCUT2D eigenvalue weighted by Crippen LogP contribution is 2.35. The lowest BCUT2D eigenvalue weighted by Gasteiger charge is -2.37. The standard InChI is InChI=1S/C26H27ClN4O6/c1-16(2)26(33)30-12-10-29(11-13-30)21-7-4-17(27)14-20(21)28-25(32)24-9-8-23(37-24)19-6-5-18(36-3)15-22(19)31(34)35/h4-9,14-16H,10-13H2,1-3H3,(H,28,32). The Morgan fingerprint density at radius 3 is 2.46 bits per heavy atom. The second kappa shape index (κ2) is 10.9. The third-order valence-corrected chi connectivity index (χ3v) is 6.36. The lowest BCUT2D eigenvalue weighted by atomic mass is 10.1. The highest BCUT2D eigenvalue weighted by Gasteiger charge is 2.25. The zero-order valence-corrected chi connectivity index (χ0v) is 21.4. The van der Waals surface area contributed by atoms with Gasteiger partial charge in [0.2, 0.25) is 5.91 Å². The molecule has 0 unspecified atom stereocenters. The Hall–Kier alpha value is -4.05. The Morgan fingerprint density at radius 1 is 1.08 bits per heavy atom. The van der Waals surface area contributed by atoms with Crippen LogP contribution in [-0.2, 0) is 4.79 Å². The molecule has 0 atom stereocenters. The molecular weight excluding hydrogens is 500 g/mol. The number of nitrogens with zero attached hydrogens (tertiary/aromatic N) is 3. The van der Waals surface area contributed by atoms with Crippen LogP contribution in [0.25, 0.3) is 11.3 Å². The Kier molecular flexibility index (Phi) is 7.68. The maximum atomic E-state index is 13.1. The normalized spacial score (nSPS) is 13.5. The van der Waals surface area contributed by atoms with Gasteiger partial charge in [0.15, 0.2) is 5.76 Å². The number of nitro groups is 1. The van der Waals surface area contributed by atoms with E-state index < -0.39 is 10.8 Å². The van der Waals surface area contributed by atoms with Crippen molar-refractivity contribution in [3.8, 4) is 17.1 Å². The summed E-state index contributed by atoms with van der Waals surface area (Å²) in [5, 5.41) is 14.8. The number of carbonyl (C=O) groups excluding carboxylic acids is 2. The first-order valence-corrected chi connectivity index (χ1v) is 12.1. The summed E-state index contributed by atoms with van der Waals surface area (Å²) in [6, 6.07) is 12.6. The van der Waals surface area contributed by atoms with Crippen molar-refractivity contribution >= 4 is 40.5 Å². The van der Waals surface area contributed by atoms with E-state index in [0.29, 0.717) is 42.6 Å². The van der Waals surface area contributed by atoms with Crippen molar-refractivity contribution in [2.75, 3.05) is 43.5 Å². The Labute approximate surface area is 218 Å². The van der Waals surface area contributed by atoms with Gasteiger partial charge in [-0.3, -0.25) is 19.7 Å². The van der Waals surface area contributed by atoms with Crippen LogP contribution in [0.5, 0.6) is 5.75 Å². The van der Waals surface area contributed by atoms with Crippen LogP contribution < -0.4 is 15.0 Å². The van der Waals surface area contributed by atoms with Gasteiger partial charge < -0.3 is 24.3 Å². The summed E-state index contributed by atoms with van der Waals surface area (Å²) in [7, 11) is 1.42. The van der Waals surface area contributed by atoms with Crippen LogP contribution in [0, 0.1) is 16.0 Å². The highest BCUT2D eigenvalue weighted by molar-refractivity contribution is 6.31. The highest BCUT2D eigenvalue weighted by atomic mass is 35.5. The monoisotopic (exact) mass is 526 g/mol. The number of rotatable bonds is 7. The van der Waals surface area contributed by atoms with Crippen LogP contribution in [0.2, 0.25) is 5.02 Å². The molecule has 0 aliphatic carbocycles. The number of nitro benzene ring substituents is 1. The fraction of sp³-hybridized carbons (Fsp3) is 0.308. The molecule has 194 valence electrons. The van der Waals surface area contributed by atoms with Gasteiger partial charge in [-0.2, -0.15) is 0 Å². The molecule has 1 saturated heterocycles. The molecule has 0 saturated carbocycles. The van der Waals surface area contributed by atoms with Crippen LogP contribution in [0.3, 0.4) is 0 Å². The largest absolute Gasteiger partial charge is 0.497 e. The second-order valence-corrected chi connectivity index (χ2v) is 9.32. The van der Waals surface area contributed by atoms with Gasteiger partial charge in [-0.25, -0.2) is 0 Å². The maximum Gasteiger partial charge on any atom is 0.291 e. The van der Waals surface area contributed by atoms with Crippen molar-refractivity contribution in [3.63, 3.8) is 0 Å².